The molecule has 1 atom stereocenters. The standard InChI is InChI=1S/C7H12N4O/c1-4(12)11-7-6(9)2-5(8)3-10-7/h2-4,12H,8-9H2,1H3,(H,10,11). The Kier molecular flexibility index (Phi) is 2.35. The number of nitrogens with one attached hydrogen (secondary N) is 1. The molecule has 5 heteroatoms. The molecule has 5 nitrogen and oxygen atoms in total. The van der Waals surface area contributed by atoms with Crippen molar-refractivity contribution in [2.45, 2.75) is 13.2 Å². The highest BCUT2D eigenvalue weighted by Crippen LogP contribution is 2.17. The lowest BCUT2D eigenvalue weighted by Gasteiger charge is -2.10. The summed E-state index contributed by atoms with van der Waals surface area (Å²) in [7, 11) is 0. The molecule has 0 spiro atoms. The summed E-state index contributed by atoms with van der Waals surface area (Å²) >= 11 is 0. The lowest BCUT2D eigenvalue weighted by atomic mass is 10.3. The molecule has 12 heavy (non-hydrogen) atoms. The van der Waals surface area contributed by atoms with Crippen molar-refractivity contribution in [3.05, 3.63) is 12.3 Å². The van der Waals surface area contributed by atoms with Gasteiger partial charge in [0, 0.05) is 0 Å². The van der Waals surface area contributed by atoms with Gasteiger partial charge in [0.2, 0.25) is 0 Å². The number of aliphatic hydroxyl groups is 1. The molecule has 1 unspecified atom stereocenters. The minimum absolute atomic E-state index is 0.427. The summed E-state index contributed by atoms with van der Waals surface area (Å²) in [5.74, 6) is 0.444. The zero-order valence-corrected chi connectivity index (χ0v) is 6.78. The topological polar surface area (TPSA) is 97.2 Å². The van der Waals surface area contributed by atoms with Gasteiger partial charge in [0.1, 0.15) is 6.23 Å². The molecule has 1 rings (SSSR count). The van der Waals surface area contributed by atoms with Crippen LogP contribution in [0.4, 0.5) is 17.2 Å². The number of nitrogen functional groups attached to an aromatic ring is 2. The molecule has 0 aliphatic carbocycles. The number of hydrogen-bond donors (Lipinski definition) is 4. The van der Waals surface area contributed by atoms with E-state index in [-0.39, 0.29) is 0 Å². The second kappa shape index (κ2) is 3.27. The highest BCUT2D eigenvalue weighted by atomic mass is 16.3. The molecule has 1 heterocycles. The molecular formula is C7H12N4O. The van der Waals surface area contributed by atoms with Gasteiger partial charge in [0.25, 0.3) is 0 Å². The van der Waals surface area contributed by atoms with Gasteiger partial charge in [-0.25, -0.2) is 4.98 Å². The van der Waals surface area contributed by atoms with Gasteiger partial charge in [0.15, 0.2) is 5.82 Å². The SMILES string of the molecule is CC(O)Nc1ncc(N)cc1N. The molecule has 1 aromatic rings. The molecule has 0 aliphatic rings. The fraction of sp³-hybridized carbons (Fsp3) is 0.286. The second-order valence-electron chi connectivity index (χ2n) is 2.53. The first-order valence-corrected chi connectivity index (χ1v) is 3.55. The summed E-state index contributed by atoms with van der Waals surface area (Å²) in [5, 5.41) is 11.6. The summed E-state index contributed by atoms with van der Waals surface area (Å²) < 4.78 is 0. The Morgan fingerprint density at radius 3 is 2.75 bits per heavy atom. The van der Waals surface area contributed by atoms with E-state index >= 15 is 0 Å². The molecule has 0 bridgehead atoms. The third kappa shape index (κ3) is 2.00. The quantitative estimate of drug-likeness (QED) is 0.466. The predicted octanol–water partition coefficient (Wildman–Crippen LogP) is -0.00380. The van der Waals surface area contributed by atoms with Crippen LogP contribution in [0.1, 0.15) is 6.92 Å². The van der Waals surface area contributed by atoms with Crippen LogP contribution in [0.3, 0.4) is 0 Å². The van der Waals surface area contributed by atoms with Gasteiger partial charge in [-0.1, -0.05) is 0 Å². The minimum atomic E-state index is -0.677. The summed E-state index contributed by atoms with van der Waals surface area (Å²) in [6, 6.07) is 1.58. The molecule has 66 valence electrons. The fourth-order valence-corrected chi connectivity index (χ4v) is 0.817. The second-order valence-corrected chi connectivity index (χ2v) is 2.53. The van der Waals surface area contributed by atoms with Crippen LogP contribution in [0.2, 0.25) is 0 Å². The van der Waals surface area contributed by atoms with Crippen LogP contribution in [0, 0.1) is 0 Å². The van der Waals surface area contributed by atoms with E-state index in [1.54, 1.807) is 13.0 Å². The highest BCUT2D eigenvalue weighted by molar-refractivity contribution is 5.65. The third-order valence-electron chi connectivity index (χ3n) is 1.28. The van der Waals surface area contributed by atoms with Gasteiger partial charge in [-0.15, -0.1) is 0 Å². The molecule has 0 radical (unpaired) electrons. The summed E-state index contributed by atoms with van der Waals surface area (Å²) in [4.78, 5) is 3.90. The van der Waals surface area contributed by atoms with Gasteiger partial charge in [-0.2, -0.15) is 0 Å². The monoisotopic (exact) mass is 168 g/mol. The van der Waals surface area contributed by atoms with Crippen molar-refractivity contribution in [2.24, 2.45) is 0 Å². The van der Waals surface area contributed by atoms with Gasteiger partial charge < -0.3 is 21.9 Å². The van der Waals surface area contributed by atoms with E-state index in [9.17, 15) is 0 Å². The summed E-state index contributed by atoms with van der Waals surface area (Å²) in [5.41, 5.74) is 11.9. The van der Waals surface area contributed by atoms with E-state index in [4.69, 9.17) is 16.6 Å². The molecule has 1 aromatic heterocycles. The van der Waals surface area contributed by atoms with Crippen LogP contribution in [0.5, 0.6) is 0 Å². The van der Waals surface area contributed by atoms with E-state index in [1.807, 2.05) is 0 Å². The van der Waals surface area contributed by atoms with Crippen molar-refractivity contribution in [2.75, 3.05) is 16.8 Å². The summed E-state index contributed by atoms with van der Waals surface area (Å²) in [6.07, 6.45) is 0.796. The maximum absolute atomic E-state index is 8.96. The zero-order valence-electron chi connectivity index (χ0n) is 6.78. The van der Waals surface area contributed by atoms with Crippen LogP contribution in [0.15, 0.2) is 12.3 Å². The lowest BCUT2D eigenvalue weighted by Crippen LogP contribution is -2.15. The first-order chi connectivity index (χ1) is 5.59. The fourth-order valence-electron chi connectivity index (χ4n) is 0.817. The predicted molar refractivity (Wildman–Crippen MR) is 48.4 cm³/mol. The van der Waals surface area contributed by atoms with Crippen LogP contribution in [-0.2, 0) is 0 Å². The van der Waals surface area contributed by atoms with Crippen molar-refractivity contribution >= 4 is 17.2 Å². The van der Waals surface area contributed by atoms with Crippen molar-refractivity contribution in [1.29, 1.82) is 0 Å². The molecule has 0 aliphatic heterocycles. The Morgan fingerprint density at radius 1 is 1.58 bits per heavy atom. The number of aliphatic hydroxyl groups excluding tert-OH is 1. The van der Waals surface area contributed by atoms with Gasteiger partial charge >= 0.3 is 0 Å². The molecule has 0 aromatic carbocycles. The number of pyridine rings is 1. The smallest absolute Gasteiger partial charge is 0.151 e. The van der Waals surface area contributed by atoms with Crippen LogP contribution in [-0.4, -0.2) is 16.3 Å². The number of aromatic nitrogens is 1. The third-order valence-corrected chi connectivity index (χ3v) is 1.28. The van der Waals surface area contributed by atoms with Gasteiger partial charge in [0.05, 0.1) is 17.6 Å². The van der Waals surface area contributed by atoms with E-state index < -0.39 is 6.23 Å². The molecule has 6 N–H and O–H groups in total. The van der Waals surface area contributed by atoms with Crippen LogP contribution < -0.4 is 16.8 Å². The molecule has 0 saturated carbocycles. The van der Waals surface area contributed by atoms with E-state index in [0.29, 0.717) is 17.2 Å². The molecule has 0 saturated heterocycles. The first-order valence-electron chi connectivity index (χ1n) is 3.55. The van der Waals surface area contributed by atoms with Crippen molar-refractivity contribution in [1.82, 2.24) is 4.98 Å². The Hall–Kier alpha value is -1.49. The summed E-state index contributed by atoms with van der Waals surface area (Å²) in [6.45, 7) is 1.58. The van der Waals surface area contributed by atoms with Crippen molar-refractivity contribution in [3.63, 3.8) is 0 Å². The van der Waals surface area contributed by atoms with Gasteiger partial charge in [-0.05, 0) is 13.0 Å². The number of rotatable bonds is 2. The van der Waals surface area contributed by atoms with Crippen LogP contribution in [0.25, 0.3) is 0 Å². The minimum Gasteiger partial charge on any atom is -0.397 e. The van der Waals surface area contributed by atoms with E-state index in [2.05, 4.69) is 10.3 Å². The van der Waals surface area contributed by atoms with Gasteiger partial charge in [-0.3, -0.25) is 0 Å². The normalized spacial score (nSPS) is 12.5. The highest BCUT2D eigenvalue weighted by Gasteiger charge is 2.02. The largest absolute Gasteiger partial charge is 0.397 e. The maximum atomic E-state index is 8.96. The Bertz CT molecular complexity index is 274. The first kappa shape index (κ1) is 8.61. The van der Waals surface area contributed by atoms with E-state index in [0.717, 1.165) is 0 Å². The number of hydrogen-bond acceptors (Lipinski definition) is 5. The molecular weight excluding hydrogens is 156 g/mol. The van der Waals surface area contributed by atoms with Crippen molar-refractivity contribution < 1.29 is 5.11 Å². The Morgan fingerprint density at radius 2 is 2.25 bits per heavy atom. The van der Waals surface area contributed by atoms with Crippen LogP contribution >= 0.6 is 0 Å². The molecule has 0 fully saturated rings. The number of nitrogens with zero attached hydrogens (tertiary/aromatic N) is 1. The Labute approximate surface area is 70.4 Å². The average molecular weight is 168 g/mol. The molecule has 0 amide bonds. The lowest BCUT2D eigenvalue weighted by molar-refractivity contribution is 0.224. The average Bonchev–Trinajstić information content (AvgIpc) is 1.94. The Balaban J connectivity index is 2.86. The zero-order chi connectivity index (χ0) is 9.14. The van der Waals surface area contributed by atoms with Crippen molar-refractivity contribution in [3.8, 4) is 0 Å². The maximum Gasteiger partial charge on any atom is 0.151 e. The van der Waals surface area contributed by atoms with E-state index in [1.165, 1.54) is 6.20 Å². The number of anilines is 3. The number of nitrogens with two attached hydrogens (primary N) is 2.